The molecule has 2 aliphatic rings. The summed E-state index contributed by atoms with van der Waals surface area (Å²) in [6.45, 7) is 2.55. The molecule has 2 fully saturated rings. The molecule has 5 rings (SSSR count). The molecule has 2 aliphatic heterocycles. The molecule has 2 atom stereocenters. The summed E-state index contributed by atoms with van der Waals surface area (Å²) < 4.78 is 5.58. The molecular weight excluding hydrogens is 354 g/mol. The van der Waals surface area contributed by atoms with E-state index < -0.39 is 0 Å². The van der Waals surface area contributed by atoms with E-state index in [9.17, 15) is 5.26 Å². The standard InChI is InChI=1S/C20H19N7O/c21-11-17-20(24-7-6-23-17)26-8-9-27-15(13-26)3-4-18(27)16-10-19(28-25-16)14-2-1-5-22-12-14/h1-2,5-7,10,12,15,18H,3-4,8-9,13H2/t15?,18-/m1/s1. The van der Waals surface area contributed by atoms with Crippen LogP contribution in [0.5, 0.6) is 0 Å². The summed E-state index contributed by atoms with van der Waals surface area (Å²) in [5.41, 5.74) is 2.31. The van der Waals surface area contributed by atoms with Gasteiger partial charge in [0.25, 0.3) is 0 Å². The summed E-state index contributed by atoms with van der Waals surface area (Å²) in [5, 5.41) is 13.7. The molecule has 140 valence electrons. The predicted molar refractivity (Wildman–Crippen MR) is 101 cm³/mol. The molecule has 0 N–H and O–H groups in total. The molecule has 1 unspecified atom stereocenters. The van der Waals surface area contributed by atoms with Gasteiger partial charge in [0.05, 0.1) is 6.04 Å². The van der Waals surface area contributed by atoms with Crippen LogP contribution < -0.4 is 4.90 Å². The van der Waals surface area contributed by atoms with E-state index in [4.69, 9.17) is 4.52 Å². The number of rotatable bonds is 3. The Balaban J connectivity index is 1.33. The molecule has 0 saturated carbocycles. The van der Waals surface area contributed by atoms with Crippen molar-refractivity contribution in [3.8, 4) is 17.4 Å². The van der Waals surface area contributed by atoms with E-state index in [1.807, 2.05) is 18.2 Å². The lowest BCUT2D eigenvalue weighted by molar-refractivity contribution is 0.170. The van der Waals surface area contributed by atoms with Crippen molar-refractivity contribution in [2.75, 3.05) is 24.5 Å². The van der Waals surface area contributed by atoms with Gasteiger partial charge in [0.1, 0.15) is 11.8 Å². The molecule has 3 aromatic heterocycles. The van der Waals surface area contributed by atoms with Gasteiger partial charge in [0, 0.05) is 62.1 Å². The average Bonchev–Trinajstić information content (AvgIpc) is 3.41. The summed E-state index contributed by atoms with van der Waals surface area (Å²) in [7, 11) is 0. The zero-order valence-electron chi connectivity index (χ0n) is 15.3. The van der Waals surface area contributed by atoms with Gasteiger partial charge in [0.15, 0.2) is 17.3 Å². The van der Waals surface area contributed by atoms with Gasteiger partial charge >= 0.3 is 0 Å². The second-order valence-electron chi connectivity index (χ2n) is 7.13. The van der Waals surface area contributed by atoms with Crippen molar-refractivity contribution in [3.05, 3.63) is 54.4 Å². The lowest BCUT2D eigenvalue weighted by Crippen LogP contribution is -2.51. The topological polar surface area (TPSA) is 95.0 Å². The molecule has 5 heterocycles. The van der Waals surface area contributed by atoms with Gasteiger partial charge < -0.3 is 9.42 Å². The van der Waals surface area contributed by atoms with Crippen LogP contribution >= 0.6 is 0 Å². The van der Waals surface area contributed by atoms with E-state index in [1.165, 1.54) is 0 Å². The maximum Gasteiger partial charge on any atom is 0.183 e. The smallest absolute Gasteiger partial charge is 0.183 e. The highest BCUT2D eigenvalue weighted by Gasteiger charge is 2.40. The van der Waals surface area contributed by atoms with Crippen molar-refractivity contribution in [1.29, 1.82) is 5.26 Å². The van der Waals surface area contributed by atoms with Crippen LogP contribution in [0, 0.1) is 11.3 Å². The highest BCUT2D eigenvalue weighted by atomic mass is 16.5. The minimum atomic E-state index is 0.263. The first-order valence-corrected chi connectivity index (χ1v) is 9.42. The molecule has 2 saturated heterocycles. The van der Waals surface area contributed by atoms with Crippen LogP contribution in [0.15, 0.2) is 47.5 Å². The molecule has 8 nitrogen and oxygen atoms in total. The normalized spacial score (nSPS) is 22.0. The lowest BCUT2D eigenvalue weighted by atomic mass is 10.1. The summed E-state index contributed by atoms with van der Waals surface area (Å²) in [6, 6.07) is 8.72. The Morgan fingerprint density at radius 2 is 2.07 bits per heavy atom. The number of hydrogen-bond donors (Lipinski definition) is 0. The van der Waals surface area contributed by atoms with Crippen LogP contribution in [-0.2, 0) is 0 Å². The fourth-order valence-corrected chi connectivity index (χ4v) is 4.29. The van der Waals surface area contributed by atoms with E-state index in [-0.39, 0.29) is 6.04 Å². The van der Waals surface area contributed by atoms with Gasteiger partial charge in [0.2, 0.25) is 0 Å². The largest absolute Gasteiger partial charge is 0.356 e. The van der Waals surface area contributed by atoms with Crippen LogP contribution in [0.4, 0.5) is 5.82 Å². The SMILES string of the molecule is N#Cc1nccnc1N1CCN2C(CC[C@@H]2c2cc(-c3cccnc3)on2)C1. The van der Waals surface area contributed by atoms with Crippen molar-refractivity contribution in [2.24, 2.45) is 0 Å². The molecule has 0 amide bonds. The predicted octanol–water partition coefficient (Wildman–Crippen LogP) is 2.42. The Morgan fingerprint density at radius 3 is 2.93 bits per heavy atom. The van der Waals surface area contributed by atoms with Crippen molar-refractivity contribution < 1.29 is 4.52 Å². The van der Waals surface area contributed by atoms with E-state index in [1.54, 1.807) is 24.8 Å². The molecule has 0 radical (unpaired) electrons. The first-order valence-electron chi connectivity index (χ1n) is 9.42. The number of nitriles is 1. The summed E-state index contributed by atoms with van der Waals surface area (Å²) in [5.74, 6) is 1.44. The Kier molecular flexibility index (Phi) is 4.22. The molecule has 0 aliphatic carbocycles. The Morgan fingerprint density at radius 1 is 1.14 bits per heavy atom. The fraction of sp³-hybridized carbons (Fsp3) is 0.350. The van der Waals surface area contributed by atoms with Crippen LogP contribution in [0.1, 0.15) is 30.3 Å². The number of piperazine rings is 1. The highest BCUT2D eigenvalue weighted by molar-refractivity contribution is 5.56. The van der Waals surface area contributed by atoms with Gasteiger partial charge in [-0.1, -0.05) is 5.16 Å². The average molecular weight is 373 g/mol. The first-order chi connectivity index (χ1) is 13.8. The maximum atomic E-state index is 9.31. The lowest BCUT2D eigenvalue weighted by Gasteiger charge is -2.40. The van der Waals surface area contributed by atoms with Gasteiger partial charge in [-0.25, -0.2) is 9.97 Å². The monoisotopic (exact) mass is 373 g/mol. The second-order valence-corrected chi connectivity index (χ2v) is 7.13. The minimum absolute atomic E-state index is 0.263. The second kappa shape index (κ2) is 7.02. The fourth-order valence-electron chi connectivity index (χ4n) is 4.29. The van der Waals surface area contributed by atoms with Gasteiger partial charge in [-0.05, 0) is 25.0 Å². The van der Waals surface area contributed by atoms with Crippen molar-refractivity contribution >= 4 is 5.82 Å². The van der Waals surface area contributed by atoms with E-state index >= 15 is 0 Å². The molecule has 3 aromatic rings. The Hall–Kier alpha value is -3.31. The number of pyridine rings is 1. The molecule has 8 heteroatoms. The zero-order valence-corrected chi connectivity index (χ0v) is 15.3. The first kappa shape index (κ1) is 16.8. The molecule has 28 heavy (non-hydrogen) atoms. The summed E-state index contributed by atoms with van der Waals surface area (Å²) >= 11 is 0. The summed E-state index contributed by atoms with van der Waals surface area (Å²) in [4.78, 5) is 17.4. The van der Waals surface area contributed by atoms with E-state index in [0.717, 1.165) is 49.5 Å². The maximum absolute atomic E-state index is 9.31. The molecular formula is C20H19N7O. The third-order valence-electron chi connectivity index (χ3n) is 5.60. The quantitative estimate of drug-likeness (QED) is 0.691. The number of nitrogens with zero attached hydrogens (tertiary/aromatic N) is 7. The Bertz CT molecular complexity index is 1010. The number of fused-ring (bicyclic) bond motifs is 1. The third-order valence-corrected chi connectivity index (χ3v) is 5.60. The van der Waals surface area contributed by atoms with E-state index in [0.29, 0.717) is 17.6 Å². The van der Waals surface area contributed by atoms with Gasteiger partial charge in [-0.2, -0.15) is 5.26 Å². The van der Waals surface area contributed by atoms with Gasteiger partial charge in [-0.3, -0.25) is 9.88 Å². The molecule has 0 bridgehead atoms. The Labute approximate surface area is 162 Å². The number of hydrogen-bond acceptors (Lipinski definition) is 8. The molecule has 0 aromatic carbocycles. The van der Waals surface area contributed by atoms with Crippen LogP contribution in [-0.4, -0.2) is 50.7 Å². The summed E-state index contributed by atoms with van der Waals surface area (Å²) in [6.07, 6.45) is 8.87. The minimum Gasteiger partial charge on any atom is -0.356 e. The van der Waals surface area contributed by atoms with E-state index in [2.05, 4.69) is 36.0 Å². The van der Waals surface area contributed by atoms with Crippen LogP contribution in [0.3, 0.4) is 0 Å². The van der Waals surface area contributed by atoms with Crippen LogP contribution in [0.2, 0.25) is 0 Å². The number of aromatic nitrogens is 4. The number of anilines is 1. The third kappa shape index (κ3) is 2.90. The molecule has 0 spiro atoms. The van der Waals surface area contributed by atoms with Gasteiger partial charge in [-0.15, -0.1) is 0 Å². The van der Waals surface area contributed by atoms with Crippen molar-refractivity contribution in [3.63, 3.8) is 0 Å². The highest BCUT2D eigenvalue weighted by Crippen LogP contribution is 2.39. The van der Waals surface area contributed by atoms with Crippen molar-refractivity contribution in [2.45, 2.75) is 24.9 Å². The zero-order chi connectivity index (χ0) is 18.9. The van der Waals surface area contributed by atoms with Crippen LogP contribution in [0.25, 0.3) is 11.3 Å². The van der Waals surface area contributed by atoms with Crippen molar-refractivity contribution in [1.82, 2.24) is 25.0 Å².